The molecule has 1 fully saturated rings. The predicted molar refractivity (Wildman–Crippen MR) is 94.1 cm³/mol. The van der Waals surface area contributed by atoms with E-state index in [1.165, 1.54) is 12.1 Å². The van der Waals surface area contributed by atoms with Crippen molar-refractivity contribution < 1.29 is 18.0 Å². The molecule has 1 amide bonds. The second-order valence-electron chi connectivity index (χ2n) is 6.23. The third kappa shape index (κ3) is 4.42. The first-order valence-corrected chi connectivity index (χ1v) is 9.37. The Morgan fingerprint density at radius 2 is 1.81 bits per heavy atom. The predicted octanol–water partition coefficient (Wildman–Crippen LogP) is 3.68. The van der Waals surface area contributed by atoms with Gasteiger partial charge >= 0.3 is 6.18 Å². The molecule has 2 aromatic rings. The highest BCUT2D eigenvalue weighted by Crippen LogP contribution is 2.29. The van der Waals surface area contributed by atoms with E-state index >= 15 is 0 Å². The van der Waals surface area contributed by atoms with Gasteiger partial charge in [-0.1, -0.05) is 6.92 Å². The highest BCUT2D eigenvalue weighted by atomic mass is 32.1. The van der Waals surface area contributed by atoms with Gasteiger partial charge in [0.15, 0.2) is 0 Å². The van der Waals surface area contributed by atoms with Crippen molar-refractivity contribution in [1.29, 1.82) is 0 Å². The highest BCUT2D eigenvalue weighted by molar-refractivity contribution is 7.09. The molecule has 0 bridgehead atoms. The Labute approximate surface area is 154 Å². The van der Waals surface area contributed by atoms with E-state index in [1.807, 2.05) is 0 Å². The quantitative estimate of drug-likeness (QED) is 0.808. The molecule has 8 heteroatoms. The molecule has 0 unspecified atom stereocenters. The van der Waals surface area contributed by atoms with Gasteiger partial charge in [-0.05, 0) is 30.7 Å². The summed E-state index contributed by atoms with van der Waals surface area (Å²) in [4.78, 5) is 21.0. The van der Waals surface area contributed by atoms with Crippen molar-refractivity contribution in [2.24, 2.45) is 0 Å². The fraction of sp³-hybridized carbons (Fsp3) is 0.444. The molecule has 140 valence electrons. The molecule has 26 heavy (non-hydrogen) atoms. The number of piperazine rings is 1. The third-order valence-corrected chi connectivity index (χ3v) is 5.45. The van der Waals surface area contributed by atoms with Crippen molar-refractivity contribution >= 4 is 17.2 Å². The van der Waals surface area contributed by atoms with Gasteiger partial charge in [-0.15, -0.1) is 11.3 Å². The smallest absolute Gasteiger partial charge is 0.336 e. The Morgan fingerprint density at radius 1 is 1.15 bits per heavy atom. The topological polar surface area (TPSA) is 36.4 Å². The number of amides is 1. The normalized spacial score (nSPS) is 16.1. The largest absolute Gasteiger partial charge is 0.416 e. The van der Waals surface area contributed by atoms with E-state index in [0.29, 0.717) is 18.7 Å². The number of aromatic nitrogens is 1. The lowest BCUT2D eigenvalue weighted by Crippen LogP contribution is -2.48. The van der Waals surface area contributed by atoms with Crippen LogP contribution in [0.5, 0.6) is 0 Å². The lowest BCUT2D eigenvalue weighted by Gasteiger charge is -2.34. The minimum atomic E-state index is -4.39. The van der Waals surface area contributed by atoms with Crippen molar-refractivity contribution in [3.05, 3.63) is 51.5 Å². The summed E-state index contributed by atoms with van der Waals surface area (Å²) in [6.45, 7) is 5.42. The number of carbonyl (C=O) groups excluding carboxylic acids is 1. The van der Waals surface area contributed by atoms with E-state index < -0.39 is 11.7 Å². The van der Waals surface area contributed by atoms with E-state index in [4.69, 9.17) is 0 Å². The Morgan fingerprint density at radius 3 is 2.35 bits per heavy atom. The molecule has 0 N–H and O–H groups in total. The van der Waals surface area contributed by atoms with Gasteiger partial charge < -0.3 is 4.90 Å². The summed E-state index contributed by atoms with van der Waals surface area (Å²) in [5.41, 5.74) is 0.599. The summed E-state index contributed by atoms with van der Waals surface area (Å²) < 4.78 is 37.8. The number of benzene rings is 1. The number of nitrogens with zero attached hydrogens (tertiary/aromatic N) is 3. The molecular weight excluding hydrogens is 363 g/mol. The van der Waals surface area contributed by atoms with Crippen molar-refractivity contribution in [1.82, 2.24) is 14.8 Å². The molecule has 0 radical (unpaired) electrons. The molecule has 0 aliphatic carbocycles. The maximum Gasteiger partial charge on any atom is 0.416 e. The molecule has 0 saturated carbocycles. The summed E-state index contributed by atoms with van der Waals surface area (Å²) >= 11 is 1.66. The zero-order valence-electron chi connectivity index (χ0n) is 14.4. The van der Waals surface area contributed by atoms with Crippen molar-refractivity contribution in [3.8, 4) is 0 Å². The second-order valence-corrected chi connectivity index (χ2v) is 7.17. The van der Waals surface area contributed by atoms with E-state index in [0.717, 1.165) is 48.9 Å². The summed E-state index contributed by atoms with van der Waals surface area (Å²) in [5, 5.41) is 3.19. The summed E-state index contributed by atoms with van der Waals surface area (Å²) in [7, 11) is 0. The van der Waals surface area contributed by atoms with Crippen molar-refractivity contribution in [3.63, 3.8) is 0 Å². The van der Waals surface area contributed by atoms with Gasteiger partial charge in [-0.3, -0.25) is 9.69 Å². The minimum Gasteiger partial charge on any atom is -0.336 e. The molecule has 3 rings (SSSR count). The fourth-order valence-corrected chi connectivity index (χ4v) is 3.64. The molecule has 4 nitrogen and oxygen atoms in total. The van der Waals surface area contributed by atoms with Crippen LogP contribution in [0, 0.1) is 0 Å². The summed E-state index contributed by atoms with van der Waals surface area (Å²) in [5.74, 6) is -0.222. The monoisotopic (exact) mass is 383 g/mol. The van der Waals surface area contributed by atoms with Crippen molar-refractivity contribution in [2.45, 2.75) is 26.1 Å². The number of carbonyl (C=O) groups is 1. The molecule has 2 heterocycles. The average molecular weight is 383 g/mol. The number of aryl methyl sites for hydroxylation is 1. The number of halogens is 3. The molecule has 1 aromatic heterocycles. The second kappa shape index (κ2) is 7.75. The minimum absolute atomic E-state index is 0.222. The van der Waals surface area contributed by atoms with Crippen LogP contribution in [0.15, 0.2) is 29.6 Å². The van der Waals surface area contributed by atoms with Gasteiger partial charge in [0, 0.05) is 43.7 Å². The maximum absolute atomic E-state index is 12.6. The molecular formula is C18H20F3N3OS. The Balaban J connectivity index is 1.54. The van der Waals surface area contributed by atoms with Gasteiger partial charge in [-0.2, -0.15) is 13.2 Å². The van der Waals surface area contributed by atoms with Gasteiger partial charge in [0.05, 0.1) is 16.3 Å². The van der Waals surface area contributed by atoms with E-state index in [9.17, 15) is 18.0 Å². The number of alkyl halides is 3. The lowest BCUT2D eigenvalue weighted by molar-refractivity contribution is -0.137. The van der Waals surface area contributed by atoms with Crippen LogP contribution in [0.2, 0.25) is 0 Å². The van der Waals surface area contributed by atoms with Crippen LogP contribution in [0.25, 0.3) is 0 Å². The van der Waals surface area contributed by atoms with Gasteiger partial charge in [0.25, 0.3) is 5.91 Å². The zero-order chi connectivity index (χ0) is 18.7. The maximum atomic E-state index is 12.6. The van der Waals surface area contributed by atoms with E-state index in [2.05, 4.69) is 22.2 Å². The van der Waals surface area contributed by atoms with Crippen LogP contribution in [-0.2, 0) is 19.1 Å². The van der Waals surface area contributed by atoms with E-state index in [-0.39, 0.29) is 5.91 Å². The van der Waals surface area contributed by atoms with E-state index in [1.54, 1.807) is 16.2 Å². The van der Waals surface area contributed by atoms with Crippen LogP contribution in [0.3, 0.4) is 0 Å². The highest BCUT2D eigenvalue weighted by Gasteiger charge is 2.30. The summed E-state index contributed by atoms with van der Waals surface area (Å²) in [6.07, 6.45) is -3.46. The summed E-state index contributed by atoms with van der Waals surface area (Å²) in [6, 6.07) is 4.41. The van der Waals surface area contributed by atoms with Gasteiger partial charge in [0.1, 0.15) is 0 Å². The average Bonchev–Trinajstić information content (AvgIpc) is 3.09. The SMILES string of the molecule is CCc1nc(CN2CCN(C(=O)c3ccc(C(F)(F)F)cc3)CC2)cs1. The standard InChI is InChI=1S/C18H20F3N3OS/c1-2-16-22-15(12-26-16)11-23-7-9-24(10-8-23)17(25)13-3-5-14(6-4-13)18(19,20)21/h3-6,12H,2,7-11H2,1H3. The molecule has 1 saturated heterocycles. The fourth-order valence-electron chi connectivity index (χ4n) is 2.91. The van der Waals surface area contributed by atoms with Crippen molar-refractivity contribution in [2.75, 3.05) is 26.2 Å². The molecule has 1 aliphatic rings. The molecule has 0 atom stereocenters. The number of hydrogen-bond acceptors (Lipinski definition) is 4. The molecule has 1 aromatic carbocycles. The zero-order valence-corrected chi connectivity index (χ0v) is 15.2. The third-order valence-electron chi connectivity index (χ3n) is 4.41. The molecule has 1 aliphatic heterocycles. The van der Waals surface area contributed by atoms with Crippen LogP contribution in [-0.4, -0.2) is 46.9 Å². The first-order valence-electron chi connectivity index (χ1n) is 8.49. The first-order chi connectivity index (χ1) is 12.4. The Bertz CT molecular complexity index is 750. The van der Waals surface area contributed by atoms with Crippen LogP contribution >= 0.6 is 11.3 Å². The van der Waals surface area contributed by atoms with Gasteiger partial charge in [-0.25, -0.2) is 4.98 Å². The number of hydrogen-bond donors (Lipinski definition) is 0. The Hall–Kier alpha value is -1.93. The van der Waals surface area contributed by atoms with Gasteiger partial charge in [0.2, 0.25) is 0 Å². The van der Waals surface area contributed by atoms with Crippen LogP contribution in [0.1, 0.15) is 33.5 Å². The Kier molecular flexibility index (Phi) is 5.62. The molecule has 0 spiro atoms. The number of rotatable bonds is 4. The first kappa shape index (κ1) is 18.8. The van der Waals surface area contributed by atoms with Crippen LogP contribution < -0.4 is 0 Å². The lowest BCUT2D eigenvalue weighted by atomic mass is 10.1. The van der Waals surface area contributed by atoms with Crippen LogP contribution in [0.4, 0.5) is 13.2 Å². The number of thiazole rings is 1.